The predicted octanol–water partition coefficient (Wildman–Crippen LogP) is -1.59. The van der Waals surface area contributed by atoms with Gasteiger partial charge in [-0.05, 0) is 26.2 Å². The third kappa shape index (κ3) is 9.36. The van der Waals surface area contributed by atoms with Crippen LogP contribution >= 0.6 is 25.3 Å². The van der Waals surface area contributed by atoms with Gasteiger partial charge in [0.2, 0.25) is 17.7 Å². The van der Waals surface area contributed by atoms with Gasteiger partial charge in [0.1, 0.15) is 6.04 Å². The van der Waals surface area contributed by atoms with Crippen LogP contribution in [0.15, 0.2) is 0 Å². The van der Waals surface area contributed by atoms with Crippen molar-refractivity contribution in [2.75, 3.05) is 24.6 Å². The molecule has 0 saturated heterocycles. The minimum absolute atomic E-state index is 0.200. The molecule has 8 nitrogen and oxygen atoms in total. The molecule has 0 heterocycles. The van der Waals surface area contributed by atoms with Crippen LogP contribution in [0.25, 0.3) is 0 Å². The molecule has 10 heteroatoms. The fourth-order valence-corrected chi connectivity index (χ4v) is 2.16. The normalized spacial score (nSPS) is 14.4. The monoisotopic (exact) mass is 379 g/mol. The second-order valence-electron chi connectivity index (χ2n) is 5.32. The highest BCUT2D eigenvalue weighted by atomic mass is 32.1. The van der Waals surface area contributed by atoms with Crippen LogP contribution in [0.2, 0.25) is 0 Å². The van der Waals surface area contributed by atoms with Gasteiger partial charge < -0.3 is 27.4 Å². The highest BCUT2D eigenvalue weighted by Gasteiger charge is 2.22. The van der Waals surface area contributed by atoms with E-state index in [1.54, 1.807) is 6.92 Å². The van der Waals surface area contributed by atoms with Crippen LogP contribution in [0, 0.1) is 0 Å². The summed E-state index contributed by atoms with van der Waals surface area (Å²) in [5, 5.41) is 8.02. The van der Waals surface area contributed by atoms with Crippen molar-refractivity contribution in [3.63, 3.8) is 0 Å². The zero-order chi connectivity index (χ0) is 18.5. The molecule has 0 aromatic rings. The van der Waals surface area contributed by atoms with Gasteiger partial charge in [0.25, 0.3) is 0 Å². The van der Waals surface area contributed by atoms with E-state index in [4.69, 9.17) is 11.5 Å². The van der Waals surface area contributed by atoms with Gasteiger partial charge in [0.05, 0.1) is 12.1 Å². The van der Waals surface area contributed by atoms with E-state index in [0.717, 1.165) is 0 Å². The van der Waals surface area contributed by atoms with E-state index in [2.05, 4.69) is 41.2 Å². The number of carbonyl (C=O) groups is 3. The largest absolute Gasteiger partial charge is 0.355 e. The molecule has 0 aliphatic rings. The maximum Gasteiger partial charge on any atom is 0.242 e. The van der Waals surface area contributed by atoms with Gasteiger partial charge in [0.15, 0.2) is 0 Å². The van der Waals surface area contributed by atoms with Crippen LogP contribution in [0.1, 0.15) is 26.2 Å². The van der Waals surface area contributed by atoms with Crippen molar-refractivity contribution >= 4 is 43.0 Å². The molecule has 0 rings (SSSR count). The van der Waals surface area contributed by atoms with Crippen LogP contribution in [0.4, 0.5) is 0 Å². The first-order chi connectivity index (χ1) is 11.4. The number of unbranched alkanes of at least 4 members (excludes halogenated alkanes) is 1. The van der Waals surface area contributed by atoms with Crippen LogP contribution in [0.5, 0.6) is 0 Å². The van der Waals surface area contributed by atoms with Gasteiger partial charge in [-0.1, -0.05) is 0 Å². The lowest BCUT2D eigenvalue weighted by Crippen LogP contribution is -2.52. The van der Waals surface area contributed by atoms with Crippen LogP contribution < -0.4 is 27.4 Å². The second-order valence-corrected chi connectivity index (χ2v) is 6.05. The summed E-state index contributed by atoms with van der Waals surface area (Å²) in [5.74, 6) is -0.431. The summed E-state index contributed by atoms with van der Waals surface area (Å²) in [5.41, 5.74) is 11.1. The minimum atomic E-state index is -0.757. The Bertz CT molecular complexity index is 412. The SMILES string of the molecule is CCNC(=O)C(CCCCNC(=O)C(N)CS)NC(=O)C(N)CS. The Labute approximate surface area is 154 Å². The molecule has 3 unspecified atom stereocenters. The number of likely N-dealkylation sites (N-methyl/N-ethyl adjacent to an activating group) is 1. The van der Waals surface area contributed by atoms with Gasteiger partial charge in [-0.2, -0.15) is 25.3 Å². The molecule has 140 valence electrons. The van der Waals surface area contributed by atoms with E-state index in [9.17, 15) is 14.4 Å². The molecule has 24 heavy (non-hydrogen) atoms. The molecule has 0 radical (unpaired) electrons. The van der Waals surface area contributed by atoms with Crippen molar-refractivity contribution < 1.29 is 14.4 Å². The van der Waals surface area contributed by atoms with Crippen molar-refractivity contribution in [3.8, 4) is 0 Å². The summed E-state index contributed by atoms with van der Waals surface area (Å²) in [6.07, 6.45) is 1.76. The maximum atomic E-state index is 12.0. The Morgan fingerprint density at radius 1 is 0.917 bits per heavy atom. The van der Waals surface area contributed by atoms with Crippen LogP contribution in [-0.2, 0) is 14.4 Å². The summed E-state index contributed by atoms with van der Waals surface area (Å²) in [6, 6.07) is -2.04. The van der Waals surface area contributed by atoms with E-state index >= 15 is 0 Å². The smallest absolute Gasteiger partial charge is 0.242 e. The number of hydrogen-bond acceptors (Lipinski definition) is 7. The third-order valence-electron chi connectivity index (χ3n) is 3.27. The molecule has 0 aromatic carbocycles. The first kappa shape index (κ1) is 23.0. The van der Waals surface area contributed by atoms with Gasteiger partial charge in [-0.3, -0.25) is 14.4 Å². The molecular formula is C14H29N5O3S2. The second kappa shape index (κ2) is 13.3. The topological polar surface area (TPSA) is 139 Å². The van der Waals surface area contributed by atoms with E-state index in [-0.39, 0.29) is 23.3 Å². The average Bonchev–Trinajstić information content (AvgIpc) is 2.58. The number of rotatable bonds is 12. The predicted molar refractivity (Wildman–Crippen MR) is 101 cm³/mol. The average molecular weight is 380 g/mol. The number of thiol groups is 2. The number of hydrogen-bond donors (Lipinski definition) is 7. The lowest BCUT2D eigenvalue weighted by Gasteiger charge is -2.20. The molecule has 3 amide bonds. The molecule has 0 aromatic heterocycles. The zero-order valence-corrected chi connectivity index (χ0v) is 15.7. The van der Waals surface area contributed by atoms with E-state index < -0.39 is 24.0 Å². The number of carbonyl (C=O) groups excluding carboxylic acids is 3. The molecule has 0 bridgehead atoms. The lowest BCUT2D eigenvalue weighted by atomic mass is 10.1. The number of amides is 3. The summed E-state index contributed by atoms with van der Waals surface area (Å²) in [4.78, 5) is 35.3. The Morgan fingerprint density at radius 3 is 2.04 bits per heavy atom. The number of nitrogens with one attached hydrogen (secondary N) is 3. The van der Waals surface area contributed by atoms with Crippen molar-refractivity contribution in [1.82, 2.24) is 16.0 Å². The Hall–Kier alpha value is -0.970. The molecule has 3 atom stereocenters. The molecule has 0 aliphatic carbocycles. The molecule has 7 N–H and O–H groups in total. The van der Waals surface area contributed by atoms with Gasteiger partial charge in [0, 0.05) is 24.6 Å². The third-order valence-corrected chi connectivity index (χ3v) is 4.06. The van der Waals surface area contributed by atoms with Crippen LogP contribution in [0.3, 0.4) is 0 Å². The van der Waals surface area contributed by atoms with Crippen molar-refractivity contribution in [3.05, 3.63) is 0 Å². The highest BCUT2D eigenvalue weighted by Crippen LogP contribution is 2.02. The fourth-order valence-electron chi connectivity index (χ4n) is 1.83. The van der Waals surface area contributed by atoms with Crippen LogP contribution in [-0.4, -0.2) is 60.4 Å². The summed E-state index contributed by atoms with van der Waals surface area (Å²) < 4.78 is 0. The lowest BCUT2D eigenvalue weighted by molar-refractivity contribution is -0.129. The Kier molecular flexibility index (Phi) is 12.8. The van der Waals surface area contributed by atoms with Crippen molar-refractivity contribution in [1.29, 1.82) is 0 Å². The summed E-state index contributed by atoms with van der Waals surface area (Å²) >= 11 is 7.93. The molecule has 0 fully saturated rings. The van der Waals surface area contributed by atoms with Gasteiger partial charge in [-0.15, -0.1) is 0 Å². The van der Waals surface area contributed by atoms with Gasteiger partial charge in [-0.25, -0.2) is 0 Å². The fraction of sp³-hybridized carbons (Fsp3) is 0.786. The first-order valence-electron chi connectivity index (χ1n) is 7.96. The van der Waals surface area contributed by atoms with E-state index in [1.165, 1.54) is 0 Å². The van der Waals surface area contributed by atoms with Crippen molar-refractivity contribution in [2.45, 2.75) is 44.3 Å². The highest BCUT2D eigenvalue weighted by molar-refractivity contribution is 7.80. The zero-order valence-electron chi connectivity index (χ0n) is 14.0. The molecular weight excluding hydrogens is 350 g/mol. The van der Waals surface area contributed by atoms with E-state index in [0.29, 0.717) is 32.4 Å². The van der Waals surface area contributed by atoms with E-state index in [1.807, 2.05) is 0 Å². The molecule has 0 spiro atoms. The Morgan fingerprint density at radius 2 is 1.50 bits per heavy atom. The molecule has 0 aliphatic heterocycles. The standard InChI is InChI=1S/C14H29N5O3S2/c1-2-17-14(22)11(19-13(21)10(16)8-24)5-3-4-6-18-12(20)9(15)7-23/h9-11,23-24H,2-8,15-16H2,1H3,(H,17,22)(H,18,20)(H,19,21). The maximum absolute atomic E-state index is 12.0. The Balaban J connectivity index is 4.29. The minimum Gasteiger partial charge on any atom is -0.355 e. The number of nitrogens with two attached hydrogens (primary N) is 2. The van der Waals surface area contributed by atoms with Crippen molar-refractivity contribution in [2.24, 2.45) is 11.5 Å². The quantitative estimate of drug-likeness (QED) is 0.162. The van der Waals surface area contributed by atoms with Gasteiger partial charge >= 0.3 is 0 Å². The first-order valence-corrected chi connectivity index (χ1v) is 9.22. The molecule has 0 saturated carbocycles. The summed E-state index contributed by atoms with van der Waals surface area (Å²) in [6.45, 7) is 2.73. The summed E-state index contributed by atoms with van der Waals surface area (Å²) in [7, 11) is 0.